The molecule has 2 aromatic rings. The molecule has 0 unspecified atom stereocenters. The van der Waals surface area contributed by atoms with Crippen LogP contribution in [0.2, 0.25) is 0 Å². The van der Waals surface area contributed by atoms with Gasteiger partial charge in [-0.05, 0) is 48.6 Å². The van der Waals surface area contributed by atoms with E-state index in [-0.39, 0.29) is 18.3 Å². The second kappa shape index (κ2) is 8.71. The minimum Gasteiger partial charge on any atom is -0.497 e. The van der Waals surface area contributed by atoms with Gasteiger partial charge in [-0.1, -0.05) is 36.4 Å². The van der Waals surface area contributed by atoms with Crippen molar-refractivity contribution in [2.75, 3.05) is 13.7 Å². The zero-order chi connectivity index (χ0) is 19.2. The molecule has 1 aliphatic heterocycles. The van der Waals surface area contributed by atoms with Gasteiger partial charge in [0.2, 0.25) is 0 Å². The molecule has 0 radical (unpaired) electrons. The normalized spacial score (nSPS) is 14.2. The first-order chi connectivity index (χ1) is 13.1. The molecular weight excluding hydrogens is 342 g/mol. The number of fused-ring (bicyclic) bond motifs is 1. The Bertz CT molecular complexity index is 800. The van der Waals surface area contributed by atoms with E-state index < -0.39 is 6.10 Å². The van der Waals surface area contributed by atoms with Crippen molar-refractivity contribution in [2.45, 2.75) is 38.8 Å². The Balaban J connectivity index is 1.48. The van der Waals surface area contributed by atoms with E-state index in [2.05, 4.69) is 6.07 Å². The van der Waals surface area contributed by atoms with Crippen LogP contribution in [0.3, 0.4) is 0 Å². The van der Waals surface area contributed by atoms with E-state index in [9.17, 15) is 9.59 Å². The maximum Gasteiger partial charge on any atom is 0.306 e. The van der Waals surface area contributed by atoms with Crippen LogP contribution in [-0.4, -0.2) is 36.5 Å². The number of benzene rings is 2. The van der Waals surface area contributed by atoms with Crippen LogP contribution in [0.1, 0.15) is 30.0 Å². The molecule has 27 heavy (non-hydrogen) atoms. The van der Waals surface area contributed by atoms with E-state index in [1.807, 2.05) is 42.5 Å². The first-order valence-corrected chi connectivity index (χ1v) is 9.25. The van der Waals surface area contributed by atoms with Crippen LogP contribution in [-0.2, 0) is 33.7 Å². The quantitative estimate of drug-likeness (QED) is 0.736. The summed E-state index contributed by atoms with van der Waals surface area (Å²) < 4.78 is 10.5. The molecule has 0 spiro atoms. The van der Waals surface area contributed by atoms with Crippen LogP contribution in [0.15, 0.2) is 48.5 Å². The van der Waals surface area contributed by atoms with Gasteiger partial charge in [-0.3, -0.25) is 9.59 Å². The molecule has 1 amide bonds. The monoisotopic (exact) mass is 367 g/mol. The van der Waals surface area contributed by atoms with Gasteiger partial charge in [0.1, 0.15) is 5.75 Å². The maximum atomic E-state index is 12.6. The van der Waals surface area contributed by atoms with Crippen LogP contribution in [0.5, 0.6) is 5.75 Å². The first-order valence-electron chi connectivity index (χ1n) is 9.25. The zero-order valence-corrected chi connectivity index (χ0v) is 15.8. The van der Waals surface area contributed by atoms with Crippen LogP contribution in [0.4, 0.5) is 0 Å². The van der Waals surface area contributed by atoms with Crippen LogP contribution in [0, 0.1) is 0 Å². The summed E-state index contributed by atoms with van der Waals surface area (Å²) in [5.41, 5.74) is 3.47. The second-order valence-corrected chi connectivity index (χ2v) is 6.76. The highest BCUT2D eigenvalue weighted by Crippen LogP contribution is 2.19. The summed E-state index contributed by atoms with van der Waals surface area (Å²) in [7, 11) is 1.62. The van der Waals surface area contributed by atoms with Crippen molar-refractivity contribution in [1.82, 2.24) is 4.90 Å². The number of amides is 1. The topological polar surface area (TPSA) is 55.8 Å². The van der Waals surface area contributed by atoms with Gasteiger partial charge in [0, 0.05) is 19.5 Å². The maximum absolute atomic E-state index is 12.6. The third kappa shape index (κ3) is 4.88. The van der Waals surface area contributed by atoms with Crippen LogP contribution in [0.25, 0.3) is 0 Å². The van der Waals surface area contributed by atoms with Crippen molar-refractivity contribution in [3.05, 3.63) is 65.2 Å². The number of nitrogens with zero attached hydrogens (tertiary/aromatic N) is 1. The summed E-state index contributed by atoms with van der Waals surface area (Å²) in [5, 5.41) is 0. The van der Waals surface area contributed by atoms with E-state index in [1.165, 1.54) is 5.56 Å². The Morgan fingerprint density at radius 3 is 2.48 bits per heavy atom. The molecule has 5 nitrogen and oxygen atoms in total. The molecule has 0 N–H and O–H groups in total. The van der Waals surface area contributed by atoms with E-state index >= 15 is 0 Å². The lowest BCUT2D eigenvalue weighted by Gasteiger charge is -2.30. The van der Waals surface area contributed by atoms with Gasteiger partial charge in [-0.2, -0.15) is 0 Å². The molecule has 0 saturated heterocycles. The van der Waals surface area contributed by atoms with Crippen LogP contribution >= 0.6 is 0 Å². The summed E-state index contributed by atoms with van der Waals surface area (Å²) in [6.45, 7) is 2.88. The fourth-order valence-corrected chi connectivity index (χ4v) is 3.29. The van der Waals surface area contributed by atoms with E-state index in [4.69, 9.17) is 9.47 Å². The predicted octanol–water partition coefficient (Wildman–Crippen LogP) is 3.14. The van der Waals surface area contributed by atoms with Gasteiger partial charge >= 0.3 is 5.97 Å². The van der Waals surface area contributed by atoms with Gasteiger partial charge in [0.15, 0.2) is 6.10 Å². The molecular formula is C22H25NO4. The number of aryl methyl sites for hydroxylation is 1. The van der Waals surface area contributed by atoms with Crippen molar-refractivity contribution < 1.29 is 19.1 Å². The van der Waals surface area contributed by atoms with Crippen molar-refractivity contribution in [1.29, 1.82) is 0 Å². The average Bonchev–Trinajstić information content (AvgIpc) is 2.71. The Morgan fingerprint density at radius 1 is 1.07 bits per heavy atom. The smallest absolute Gasteiger partial charge is 0.306 e. The average molecular weight is 367 g/mol. The fourth-order valence-electron chi connectivity index (χ4n) is 3.29. The number of ether oxygens (including phenoxy) is 2. The molecule has 0 aromatic heterocycles. The predicted molar refractivity (Wildman–Crippen MR) is 102 cm³/mol. The lowest BCUT2D eigenvalue weighted by molar-refractivity contribution is -0.159. The van der Waals surface area contributed by atoms with Crippen LogP contribution < -0.4 is 4.74 Å². The number of esters is 1. The highest BCUT2D eigenvalue weighted by Gasteiger charge is 2.26. The van der Waals surface area contributed by atoms with E-state index in [0.29, 0.717) is 19.5 Å². The number of hydrogen-bond acceptors (Lipinski definition) is 4. The zero-order valence-electron chi connectivity index (χ0n) is 15.8. The lowest BCUT2D eigenvalue weighted by Crippen LogP contribution is -2.42. The standard InChI is InChI=1S/C22H25NO4/c1-16(22(25)23-14-13-18-5-3-4-6-19(18)15-23)27-21(24)12-9-17-7-10-20(26-2)11-8-17/h3-8,10-11,16H,9,12-15H2,1-2H3/t16-/m0/s1. The van der Waals surface area contributed by atoms with Crippen molar-refractivity contribution >= 4 is 11.9 Å². The fraction of sp³-hybridized carbons (Fsp3) is 0.364. The van der Waals surface area contributed by atoms with Crippen molar-refractivity contribution in [3.8, 4) is 5.75 Å². The van der Waals surface area contributed by atoms with Gasteiger partial charge in [0.25, 0.3) is 5.91 Å². The molecule has 0 saturated carbocycles. The highest BCUT2D eigenvalue weighted by atomic mass is 16.5. The summed E-state index contributed by atoms with van der Waals surface area (Å²) in [5.74, 6) is 0.287. The number of carbonyl (C=O) groups is 2. The minimum atomic E-state index is -0.765. The van der Waals surface area contributed by atoms with E-state index in [1.54, 1.807) is 18.9 Å². The van der Waals surface area contributed by atoms with Crippen molar-refractivity contribution in [3.63, 3.8) is 0 Å². The molecule has 0 fully saturated rings. The SMILES string of the molecule is COc1ccc(CCC(=O)O[C@@H](C)C(=O)N2CCc3ccccc3C2)cc1. The van der Waals surface area contributed by atoms with Gasteiger partial charge in [0.05, 0.1) is 7.11 Å². The first kappa shape index (κ1) is 19.0. The molecule has 0 aliphatic carbocycles. The Labute approximate surface area is 159 Å². The van der Waals surface area contributed by atoms with Gasteiger partial charge < -0.3 is 14.4 Å². The number of rotatable bonds is 6. The summed E-state index contributed by atoms with van der Waals surface area (Å²) >= 11 is 0. The third-order valence-corrected chi connectivity index (χ3v) is 4.88. The molecule has 142 valence electrons. The Morgan fingerprint density at radius 2 is 1.78 bits per heavy atom. The minimum absolute atomic E-state index is 0.137. The molecule has 1 atom stereocenters. The molecule has 2 aromatic carbocycles. The number of hydrogen-bond donors (Lipinski definition) is 0. The third-order valence-electron chi connectivity index (χ3n) is 4.88. The molecule has 3 rings (SSSR count). The summed E-state index contributed by atoms with van der Waals surface area (Å²) in [6, 6.07) is 15.7. The Hall–Kier alpha value is -2.82. The number of carbonyl (C=O) groups excluding carboxylic acids is 2. The summed E-state index contributed by atoms with van der Waals surface area (Å²) in [6.07, 6.45) is 0.881. The Kier molecular flexibility index (Phi) is 6.12. The van der Waals surface area contributed by atoms with Gasteiger partial charge in [-0.25, -0.2) is 0 Å². The molecule has 0 bridgehead atoms. The molecule has 1 aliphatic rings. The molecule has 5 heteroatoms. The summed E-state index contributed by atoms with van der Waals surface area (Å²) in [4.78, 5) is 26.5. The number of methoxy groups -OCH3 is 1. The highest BCUT2D eigenvalue weighted by molar-refractivity contribution is 5.83. The lowest BCUT2D eigenvalue weighted by atomic mass is 9.99. The van der Waals surface area contributed by atoms with Crippen molar-refractivity contribution in [2.24, 2.45) is 0 Å². The largest absolute Gasteiger partial charge is 0.497 e. The van der Waals surface area contributed by atoms with E-state index in [0.717, 1.165) is 23.3 Å². The molecule has 1 heterocycles. The second-order valence-electron chi connectivity index (χ2n) is 6.76. The van der Waals surface area contributed by atoms with Gasteiger partial charge in [-0.15, -0.1) is 0 Å².